The maximum atomic E-state index is 5.76. The molecule has 4 heteroatoms. The molecule has 20 heavy (non-hydrogen) atoms. The molecule has 0 atom stereocenters. The van der Waals surface area contributed by atoms with E-state index in [1.54, 1.807) is 0 Å². The summed E-state index contributed by atoms with van der Waals surface area (Å²) in [6, 6.07) is 4.38. The van der Waals surface area contributed by atoms with Crippen LogP contribution in [0.2, 0.25) is 0 Å². The van der Waals surface area contributed by atoms with Crippen molar-refractivity contribution in [1.29, 1.82) is 0 Å². The average Bonchev–Trinajstić information content (AvgIpc) is 2.84. The molecular weight excluding hydrogens is 268 g/mol. The van der Waals surface area contributed by atoms with Crippen molar-refractivity contribution in [2.75, 3.05) is 26.2 Å². The van der Waals surface area contributed by atoms with Crippen LogP contribution in [0.5, 0.6) is 0 Å². The summed E-state index contributed by atoms with van der Waals surface area (Å²) >= 11 is 1.84. The molecule has 1 heterocycles. The summed E-state index contributed by atoms with van der Waals surface area (Å²) in [5, 5.41) is 3.51. The molecule has 1 aromatic heterocycles. The Morgan fingerprint density at radius 1 is 1.15 bits per heavy atom. The number of likely N-dealkylation sites (N-methyl/N-ethyl adjacent to an activating group) is 1. The van der Waals surface area contributed by atoms with Crippen molar-refractivity contribution in [2.24, 2.45) is 0 Å². The first-order valence-corrected chi connectivity index (χ1v) is 8.39. The van der Waals surface area contributed by atoms with E-state index >= 15 is 0 Å². The fraction of sp³-hybridized carbons (Fsp3) is 0.750. The molecule has 1 N–H and O–H groups in total. The van der Waals surface area contributed by atoms with Crippen LogP contribution in [-0.2, 0) is 17.9 Å². The Balaban J connectivity index is 2.23. The van der Waals surface area contributed by atoms with Crippen LogP contribution in [0, 0.1) is 0 Å². The number of thiophene rings is 1. The Labute approximate surface area is 128 Å². The first-order valence-electron chi connectivity index (χ1n) is 7.57. The number of hydrogen-bond acceptors (Lipinski definition) is 4. The van der Waals surface area contributed by atoms with Crippen LogP contribution in [0.4, 0.5) is 0 Å². The molecule has 116 valence electrons. The number of ether oxygens (including phenoxy) is 1. The molecule has 0 radical (unpaired) electrons. The quantitative estimate of drug-likeness (QED) is 0.706. The second-order valence-electron chi connectivity index (χ2n) is 6.05. The largest absolute Gasteiger partial charge is 0.375 e. The minimum Gasteiger partial charge on any atom is -0.375 e. The number of rotatable bonds is 9. The zero-order valence-corrected chi connectivity index (χ0v) is 14.5. The van der Waals surface area contributed by atoms with E-state index in [0.717, 1.165) is 39.4 Å². The van der Waals surface area contributed by atoms with E-state index in [4.69, 9.17) is 4.74 Å². The molecule has 0 bridgehead atoms. The van der Waals surface area contributed by atoms with Crippen molar-refractivity contribution in [3.05, 3.63) is 21.9 Å². The van der Waals surface area contributed by atoms with Gasteiger partial charge in [0.25, 0.3) is 0 Å². The minimum absolute atomic E-state index is 0.171. The highest BCUT2D eigenvalue weighted by Gasteiger charge is 2.09. The van der Waals surface area contributed by atoms with Gasteiger partial charge in [-0.05, 0) is 46.0 Å². The van der Waals surface area contributed by atoms with Gasteiger partial charge in [0.05, 0.1) is 13.2 Å². The lowest BCUT2D eigenvalue weighted by Crippen LogP contribution is -2.34. The lowest BCUT2D eigenvalue weighted by atomic mass is 10.1. The van der Waals surface area contributed by atoms with Crippen LogP contribution in [0.1, 0.15) is 44.4 Å². The van der Waals surface area contributed by atoms with Crippen molar-refractivity contribution in [2.45, 2.75) is 53.3 Å². The van der Waals surface area contributed by atoms with E-state index in [1.807, 2.05) is 11.3 Å². The van der Waals surface area contributed by atoms with Crippen molar-refractivity contribution in [3.8, 4) is 0 Å². The molecule has 0 spiro atoms. The summed E-state index contributed by atoms with van der Waals surface area (Å²) in [5.74, 6) is 0. The zero-order chi connectivity index (χ0) is 15.0. The summed E-state index contributed by atoms with van der Waals surface area (Å²) < 4.78 is 5.76. The van der Waals surface area contributed by atoms with Gasteiger partial charge in [-0.1, -0.05) is 13.8 Å². The highest BCUT2D eigenvalue weighted by atomic mass is 32.1. The molecular formula is C16H30N2OS. The molecule has 0 saturated heterocycles. The van der Waals surface area contributed by atoms with Gasteiger partial charge < -0.3 is 15.0 Å². The third kappa shape index (κ3) is 7.39. The summed E-state index contributed by atoms with van der Waals surface area (Å²) in [5.41, 5.74) is 0.171. The van der Waals surface area contributed by atoms with E-state index in [9.17, 15) is 0 Å². The average molecular weight is 298 g/mol. The van der Waals surface area contributed by atoms with E-state index in [-0.39, 0.29) is 5.54 Å². The standard InChI is InChI=1S/C16H30N2OS/c1-6-18(7-2)10-11-19-13-15-9-8-14(20-15)12-17-16(3,4)5/h8-9,17H,6-7,10-13H2,1-5H3. The lowest BCUT2D eigenvalue weighted by molar-refractivity contribution is 0.0973. The van der Waals surface area contributed by atoms with Gasteiger partial charge in [0.1, 0.15) is 0 Å². The Morgan fingerprint density at radius 3 is 2.40 bits per heavy atom. The van der Waals surface area contributed by atoms with Crippen LogP contribution in [0.25, 0.3) is 0 Å². The van der Waals surface area contributed by atoms with Gasteiger partial charge in [-0.2, -0.15) is 0 Å². The van der Waals surface area contributed by atoms with E-state index in [0.29, 0.717) is 0 Å². The second kappa shape index (κ2) is 8.78. The SMILES string of the molecule is CCN(CC)CCOCc1ccc(CNC(C)(C)C)s1. The van der Waals surface area contributed by atoms with Crippen molar-refractivity contribution in [1.82, 2.24) is 10.2 Å². The summed E-state index contributed by atoms with van der Waals surface area (Å²) in [6.45, 7) is 16.7. The molecule has 0 amide bonds. The monoisotopic (exact) mass is 298 g/mol. The number of nitrogens with zero attached hydrogens (tertiary/aromatic N) is 1. The van der Waals surface area contributed by atoms with Crippen molar-refractivity contribution < 1.29 is 4.74 Å². The van der Waals surface area contributed by atoms with Gasteiger partial charge in [0.2, 0.25) is 0 Å². The predicted molar refractivity (Wildman–Crippen MR) is 88.4 cm³/mol. The van der Waals surface area contributed by atoms with Gasteiger partial charge in [0.15, 0.2) is 0 Å². The molecule has 0 saturated carbocycles. The molecule has 3 nitrogen and oxygen atoms in total. The smallest absolute Gasteiger partial charge is 0.0810 e. The molecule has 0 fully saturated rings. The third-order valence-corrected chi connectivity index (χ3v) is 4.26. The summed E-state index contributed by atoms with van der Waals surface area (Å²) in [7, 11) is 0. The van der Waals surface area contributed by atoms with E-state index in [2.05, 4.69) is 57.0 Å². The fourth-order valence-corrected chi connectivity index (χ4v) is 2.75. The van der Waals surface area contributed by atoms with Gasteiger partial charge in [0, 0.05) is 28.4 Å². The van der Waals surface area contributed by atoms with E-state index < -0.39 is 0 Å². The van der Waals surface area contributed by atoms with Gasteiger partial charge in [-0.25, -0.2) is 0 Å². The summed E-state index contributed by atoms with van der Waals surface area (Å²) in [6.07, 6.45) is 0. The zero-order valence-electron chi connectivity index (χ0n) is 13.7. The maximum absolute atomic E-state index is 5.76. The predicted octanol–water partition coefficient (Wildman–Crippen LogP) is 3.49. The maximum Gasteiger partial charge on any atom is 0.0810 e. The third-order valence-electron chi connectivity index (χ3n) is 3.20. The van der Waals surface area contributed by atoms with Crippen molar-refractivity contribution in [3.63, 3.8) is 0 Å². The van der Waals surface area contributed by atoms with Crippen LogP contribution in [0.15, 0.2) is 12.1 Å². The van der Waals surface area contributed by atoms with Crippen LogP contribution in [-0.4, -0.2) is 36.7 Å². The normalized spacial score (nSPS) is 12.3. The first kappa shape index (κ1) is 17.6. The number of nitrogens with one attached hydrogen (secondary N) is 1. The molecule has 0 aliphatic carbocycles. The Kier molecular flexibility index (Phi) is 7.74. The molecule has 0 aliphatic heterocycles. The minimum atomic E-state index is 0.171. The highest BCUT2D eigenvalue weighted by molar-refractivity contribution is 7.11. The molecule has 0 aliphatic rings. The Bertz CT molecular complexity index is 367. The van der Waals surface area contributed by atoms with Crippen LogP contribution < -0.4 is 5.32 Å². The second-order valence-corrected chi connectivity index (χ2v) is 7.30. The molecule has 0 unspecified atom stereocenters. The summed E-state index contributed by atoms with van der Waals surface area (Å²) in [4.78, 5) is 5.07. The first-order chi connectivity index (χ1) is 9.44. The number of hydrogen-bond donors (Lipinski definition) is 1. The molecule has 1 rings (SSSR count). The topological polar surface area (TPSA) is 24.5 Å². The van der Waals surface area contributed by atoms with E-state index in [1.165, 1.54) is 9.75 Å². The van der Waals surface area contributed by atoms with Gasteiger partial charge in [-0.15, -0.1) is 11.3 Å². The molecule has 0 aromatic carbocycles. The highest BCUT2D eigenvalue weighted by Crippen LogP contribution is 2.18. The molecule has 1 aromatic rings. The Morgan fingerprint density at radius 2 is 1.80 bits per heavy atom. The van der Waals surface area contributed by atoms with Gasteiger partial charge in [-0.3, -0.25) is 0 Å². The Hall–Kier alpha value is -0.420. The van der Waals surface area contributed by atoms with Crippen LogP contribution in [0.3, 0.4) is 0 Å². The van der Waals surface area contributed by atoms with Crippen molar-refractivity contribution >= 4 is 11.3 Å². The fourth-order valence-electron chi connectivity index (χ4n) is 1.85. The van der Waals surface area contributed by atoms with Crippen LogP contribution >= 0.6 is 11.3 Å². The lowest BCUT2D eigenvalue weighted by Gasteiger charge is -2.19. The van der Waals surface area contributed by atoms with Gasteiger partial charge >= 0.3 is 0 Å².